The van der Waals surface area contributed by atoms with Crippen molar-refractivity contribution in [3.05, 3.63) is 54.1 Å². The molecule has 2 aromatic rings. The zero-order valence-corrected chi connectivity index (χ0v) is 17.0. The van der Waals surface area contributed by atoms with E-state index in [-0.39, 0.29) is 11.6 Å². The first kappa shape index (κ1) is 21.3. The molecule has 0 spiro atoms. The van der Waals surface area contributed by atoms with E-state index in [9.17, 15) is 13.6 Å². The molecule has 146 valence electrons. The molecule has 1 fully saturated rings. The third kappa shape index (κ3) is 6.88. The average Bonchev–Trinajstić information content (AvgIpc) is 2.62. The summed E-state index contributed by atoms with van der Waals surface area (Å²) in [7, 11) is 0. The Kier molecular flexibility index (Phi) is 7.68. The van der Waals surface area contributed by atoms with Crippen molar-refractivity contribution in [2.24, 2.45) is 0 Å². The number of amides is 1. The van der Waals surface area contributed by atoms with Gasteiger partial charge in [0.15, 0.2) is 0 Å². The van der Waals surface area contributed by atoms with E-state index in [0.717, 1.165) is 18.1 Å². The minimum absolute atomic E-state index is 0.285. The minimum Gasteiger partial charge on any atom is -0.317 e. The van der Waals surface area contributed by atoms with E-state index in [2.05, 4.69) is 41.0 Å². The molecule has 1 aliphatic rings. The van der Waals surface area contributed by atoms with Gasteiger partial charge in [-0.05, 0) is 37.4 Å². The molecule has 0 radical (unpaired) electrons. The largest absolute Gasteiger partial charge is 0.317 e. The Morgan fingerprint density at radius 2 is 1.74 bits per heavy atom. The van der Waals surface area contributed by atoms with Crippen LogP contribution in [0.15, 0.2) is 48.5 Å². The molecule has 3 rings (SSSR count). The molecule has 0 atom stereocenters. The Morgan fingerprint density at radius 1 is 1.11 bits per heavy atom. The molecule has 0 bridgehead atoms. The zero-order chi connectivity index (χ0) is 19.9. The van der Waals surface area contributed by atoms with Crippen LogP contribution in [0.25, 0.3) is 0 Å². The number of aromatic hydroxyl groups is 1. The second-order valence-corrected chi connectivity index (χ2v) is 9.66. The Hall–Kier alpha value is -2.05. The molecule has 2 aromatic carbocycles. The van der Waals surface area contributed by atoms with Crippen LogP contribution in [0, 0.1) is 0 Å². The van der Waals surface area contributed by atoms with Crippen molar-refractivity contribution in [1.29, 1.82) is 0 Å². The van der Waals surface area contributed by atoms with Gasteiger partial charge in [0.2, 0.25) is 0 Å². The third-order valence-corrected chi connectivity index (χ3v) is 6.33. The Balaban J connectivity index is 0.000000198. The predicted octanol–water partition coefficient (Wildman–Crippen LogP) is 1.07. The van der Waals surface area contributed by atoms with E-state index in [0.29, 0.717) is 0 Å². The van der Waals surface area contributed by atoms with E-state index in [1.807, 2.05) is 0 Å². The van der Waals surface area contributed by atoms with Crippen molar-refractivity contribution >= 4 is 30.1 Å². The van der Waals surface area contributed by atoms with Crippen LogP contribution >= 0.6 is 0 Å². The first-order valence-electron chi connectivity index (χ1n) is 8.69. The number of hydrogen-bond acceptors (Lipinski definition) is 4. The second-order valence-electron chi connectivity index (χ2n) is 6.36. The summed E-state index contributed by atoms with van der Waals surface area (Å²) in [6.07, 6.45) is 2.59. The monoisotopic (exact) mass is 436 g/mol. The van der Waals surface area contributed by atoms with Crippen LogP contribution in [0.1, 0.15) is 31.2 Å². The fourth-order valence-electron chi connectivity index (χ4n) is 2.93. The molecule has 1 aliphatic heterocycles. The maximum absolute atomic E-state index is 10.9. The Morgan fingerprint density at radius 3 is 2.26 bits per heavy atom. The summed E-state index contributed by atoms with van der Waals surface area (Å²) in [6.45, 7) is 3.65. The normalized spacial score (nSPS) is 14.8. The van der Waals surface area contributed by atoms with Crippen LogP contribution in [0.3, 0.4) is 0 Å². The summed E-state index contributed by atoms with van der Waals surface area (Å²) in [5, 5.41) is 15.1. The molecule has 0 aliphatic carbocycles. The number of benzene rings is 2. The van der Waals surface area contributed by atoms with Crippen molar-refractivity contribution in [3.63, 3.8) is 0 Å². The van der Waals surface area contributed by atoms with Gasteiger partial charge in [0, 0.05) is 0 Å². The number of phenolic OH excluding ortho intramolecular Hbond substituents is 1. The number of anilines is 1. The van der Waals surface area contributed by atoms with Crippen molar-refractivity contribution in [2.45, 2.75) is 25.7 Å². The zero-order valence-electron chi connectivity index (χ0n) is 15.1. The summed E-state index contributed by atoms with van der Waals surface area (Å²) < 4.78 is 28.2. The van der Waals surface area contributed by atoms with E-state index < -0.39 is 24.3 Å². The van der Waals surface area contributed by atoms with Crippen LogP contribution in [-0.2, 0) is 8.53 Å². The second kappa shape index (κ2) is 9.76. The molecule has 7 nitrogen and oxygen atoms in total. The fraction of sp³-hybridized carbons (Fsp3) is 0.316. The summed E-state index contributed by atoms with van der Waals surface area (Å²) in [6, 6.07) is 14.4. The van der Waals surface area contributed by atoms with Crippen LogP contribution in [-0.4, -0.2) is 46.5 Å². The van der Waals surface area contributed by atoms with Crippen molar-refractivity contribution in [2.75, 3.05) is 18.4 Å². The molecule has 8 heteroatoms. The van der Waals surface area contributed by atoms with Gasteiger partial charge < -0.3 is 5.32 Å². The molecular formula is C19H25AsN2O5. The molecule has 0 aromatic heterocycles. The van der Waals surface area contributed by atoms with Gasteiger partial charge in [0.25, 0.3) is 0 Å². The number of nitrogens with one attached hydrogen (secondary N) is 2. The molecule has 1 saturated heterocycles. The standard InChI is InChI=1S/C11H15N.C8H10AsNO5/c1-2-4-10(5-3-1)11-6-8-12-9-7-11;1-5(11)10-6-2-3-7(8(12)4-6)9(13,14)15/h1-5,11-12H,6-9H2;2-4,12H,1H3,(H,10,11)(H2,13,14,15). The number of rotatable bonds is 3. The summed E-state index contributed by atoms with van der Waals surface area (Å²) in [5.74, 6) is -0.0510. The van der Waals surface area contributed by atoms with Crippen molar-refractivity contribution in [1.82, 2.24) is 5.32 Å². The van der Waals surface area contributed by atoms with E-state index >= 15 is 0 Å². The Bertz CT molecular complexity index is 801. The molecular weight excluding hydrogens is 411 g/mol. The number of phenols is 1. The SMILES string of the molecule is CC(=O)Nc1ccc([As](=O)(O)O)c(O)c1.c1ccc(C2CCNCC2)cc1. The summed E-state index contributed by atoms with van der Waals surface area (Å²) in [5.41, 5.74) is 1.80. The van der Waals surface area contributed by atoms with E-state index in [4.69, 9.17) is 8.19 Å². The van der Waals surface area contributed by atoms with Crippen LogP contribution in [0.2, 0.25) is 0 Å². The van der Waals surface area contributed by atoms with Gasteiger partial charge in [0.1, 0.15) is 0 Å². The van der Waals surface area contributed by atoms with E-state index in [1.165, 1.54) is 44.5 Å². The first-order valence-corrected chi connectivity index (χ1v) is 12.1. The van der Waals surface area contributed by atoms with Crippen LogP contribution in [0.5, 0.6) is 5.75 Å². The summed E-state index contributed by atoms with van der Waals surface area (Å²) in [4.78, 5) is 10.7. The van der Waals surface area contributed by atoms with Crippen LogP contribution < -0.4 is 15.0 Å². The number of hydrogen-bond donors (Lipinski definition) is 5. The number of carbonyl (C=O) groups is 1. The molecule has 0 saturated carbocycles. The topological polar surface area (TPSA) is 119 Å². The average molecular weight is 436 g/mol. The van der Waals surface area contributed by atoms with Crippen molar-refractivity contribution in [3.8, 4) is 5.75 Å². The van der Waals surface area contributed by atoms with Crippen LogP contribution in [0.4, 0.5) is 5.69 Å². The first-order chi connectivity index (χ1) is 12.8. The molecule has 5 N–H and O–H groups in total. The van der Waals surface area contributed by atoms with Gasteiger partial charge in [-0.25, -0.2) is 0 Å². The smallest absolute Gasteiger partial charge is 0.00431 e. The third-order valence-electron chi connectivity index (χ3n) is 4.22. The van der Waals surface area contributed by atoms with Crippen molar-refractivity contribution < 1.29 is 21.8 Å². The summed E-state index contributed by atoms with van der Waals surface area (Å²) >= 11 is -5.09. The minimum atomic E-state index is -5.09. The van der Waals surface area contributed by atoms with Gasteiger partial charge >= 0.3 is 88.1 Å². The van der Waals surface area contributed by atoms with Gasteiger partial charge in [0.05, 0.1) is 0 Å². The van der Waals surface area contributed by atoms with E-state index in [1.54, 1.807) is 0 Å². The maximum Gasteiger partial charge on any atom is -0.00431 e. The van der Waals surface area contributed by atoms with Gasteiger partial charge in [-0.15, -0.1) is 0 Å². The number of piperidine rings is 1. The quantitative estimate of drug-likeness (QED) is 0.460. The molecule has 0 unspecified atom stereocenters. The number of carbonyl (C=O) groups excluding carboxylic acids is 1. The predicted molar refractivity (Wildman–Crippen MR) is 104 cm³/mol. The molecule has 1 amide bonds. The van der Waals surface area contributed by atoms with Gasteiger partial charge in [-0.2, -0.15) is 0 Å². The fourth-order valence-corrected chi connectivity index (χ4v) is 4.26. The van der Waals surface area contributed by atoms with Gasteiger partial charge in [-0.3, -0.25) is 0 Å². The maximum atomic E-state index is 10.9. The molecule has 1 heterocycles. The Labute approximate surface area is 161 Å². The van der Waals surface area contributed by atoms with Gasteiger partial charge in [-0.1, -0.05) is 30.3 Å². The molecule has 27 heavy (non-hydrogen) atoms.